The Bertz CT molecular complexity index is 348. The average Bonchev–Trinajstić information content (AvgIpc) is 2.58. The van der Waals surface area contributed by atoms with Crippen LogP contribution in [-0.2, 0) is 0 Å². The summed E-state index contributed by atoms with van der Waals surface area (Å²) in [6.07, 6.45) is 3.19. The van der Waals surface area contributed by atoms with E-state index in [1.165, 1.54) is 6.26 Å². The van der Waals surface area contributed by atoms with Gasteiger partial charge in [-0.25, -0.2) is 0 Å². The standard InChI is InChI=1S/C10H6ClO/c11-10-3-1-8(2-4-10)9-5-6-12-7-9/h1-4,6-7H. The molecule has 0 unspecified atom stereocenters. The highest BCUT2D eigenvalue weighted by Gasteiger charge is 1.97. The summed E-state index contributed by atoms with van der Waals surface area (Å²) in [5.74, 6) is 0. The average molecular weight is 178 g/mol. The zero-order valence-electron chi connectivity index (χ0n) is 6.25. The molecule has 59 valence electrons. The van der Waals surface area contributed by atoms with Gasteiger partial charge in [0, 0.05) is 16.7 Å². The monoisotopic (exact) mass is 177 g/mol. The van der Waals surface area contributed by atoms with Gasteiger partial charge >= 0.3 is 0 Å². The molecule has 0 aliphatic heterocycles. The van der Waals surface area contributed by atoms with Gasteiger partial charge < -0.3 is 4.42 Å². The van der Waals surface area contributed by atoms with Crippen molar-refractivity contribution in [2.75, 3.05) is 0 Å². The maximum atomic E-state index is 5.74. The Kier molecular flexibility index (Phi) is 1.88. The topological polar surface area (TPSA) is 13.1 Å². The molecule has 0 fully saturated rings. The molecule has 0 N–H and O–H groups in total. The first-order valence-corrected chi connectivity index (χ1v) is 3.94. The molecule has 0 bridgehead atoms. The summed E-state index contributed by atoms with van der Waals surface area (Å²) in [6.45, 7) is 0. The van der Waals surface area contributed by atoms with Crippen molar-refractivity contribution in [3.05, 3.63) is 47.9 Å². The molecule has 1 nitrogen and oxygen atoms in total. The molecule has 0 atom stereocenters. The minimum atomic E-state index is 0.738. The van der Waals surface area contributed by atoms with Gasteiger partial charge in [0.15, 0.2) is 0 Å². The lowest BCUT2D eigenvalue weighted by Gasteiger charge is -1.94. The fourth-order valence-electron chi connectivity index (χ4n) is 1.01. The Morgan fingerprint density at radius 1 is 1.17 bits per heavy atom. The molecule has 0 aliphatic carbocycles. The molecule has 2 rings (SSSR count). The molecule has 0 amide bonds. The van der Waals surface area contributed by atoms with Crippen molar-refractivity contribution in [1.82, 2.24) is 0 Å². The number of rotatable bonds is 1. The van der Waals surface area contributed by atoms with E-state index < -0.39 is 0 Å². The van der Waals surface area contributed by atoms with E-state index in [4.69, 9.17) is 16.0 Å². The van der Waals surface area contributed by atoms with Gasteiger partial charge in [-0.05, 0) is 17.7 Å². The molecule has 0 aliphatic rings. The smallest absolute Gasteiger partial charge is 0.0988 e. The first kappa shape index (κ1) is 7.44. The van der Waals surface area contributed by atoms with E-state index in [9.17, 15) is 0 Å². The van der Waals surface area contributed by atoms with Gasteiger partial charge in [-0.3, -0.25) is 0 Å². The number of hydrogen-bond acceptors (Lipinski definition) is 1. The second kappa shape index (κ2) is 3.03. The van der Waals surface area contributed by atoms with Crippen LogP contribution in [0.4, 0.5) is 0 Å². The molecule has 1 radical (unpaired) electrons. The lowest BCUT2D eigenvalue weighted by molar-refractivity contribution is 0.567. The predicted molar refractivity (Wildman–Crippen MR) is 48.0 cm³/mol. The van der Waals surface area contributed by atoms with Crippen LogP contribution < -0.4 is 0 Å². The first-order valence-electron chi connectivity index (χ1n) is 3.56. The van der Waals surface area contributed by atoms with Crippen molar-refractivity contribution in [2.24, 2.45) is 0 Å². The minimum Gasteiger partial charge on any atom is -0.471 e. The summed E-state index contributed by atoms with van der Waals surface area (Å²) >= 11 is 5.74. The molecule has 12 heavy (non-hydrogen) atoms. The third-order valence-corrected chi connectivity index (χ3v) is 1.88. The van der Waals surface area contributed by atoms with Crippen molar-refractivity contribution in [1.29, 1.82) is 0 Å². The molecule has 2 heteroatoms. The highest BCUT2D eigenvalue weighted by Crippen LogP contribution is 2.20. The Morgan fingerprint density at radius 2 is 1.92 bits per heavy atom. The summed E-state index contributed by atoms with van der Waals surface area (Å²) in [6, 6.07) is 10.5. The van der Waals surface area contributed by atoms with Crippen molar-refractivity contribution < 1.29 is 4.42 Å². The fraction of sp³-hybridized carbons (Fsp3) is 0. The van der Waals surface area contributed by atoms with Gasteiger partial charge in [-0.15, -0.1) is 0 Å². The summed E-state index contributed by atoms with van der Waals surface area (Å²) in [7, 11) is 0. The van der Waals surface area contributed by atoms with Crippen molar-refractivity contribution in [2.45, 2.75) is 0 Å². The minimum absolute atomic E-state index is 0.738. The molecule has 0 spiro atoms. The van der Waals surface area contributed by atoms with Gasteiger partial charge in [0.2, 0.25) is 0 Å². The molecular formula is C10H6ClO. The number of hydrogen-bond donors (Lipinski definition) is 0. The van der Waals surface area contributed by atoms with Gasteiger partial charge in [0.25, 0.3) is 0 Å². The SMILES string of the molecule is Clc1ccc(-c2[c]coc2)cc1. The van der Waals surface area contributed by atoms with Crippen molar-refractivity contribution in [3.8, 4) is 11.1 Å². The van der Waals surface area contributed by atoms with Crippen LogP contribution >= 0.6 is 11.6 Å². The Hall–Kier alpha value is -1.21. The fourth-order valence-corrected chi connectivity index (χ4v) is 1.14. The van der Waals surface area contributed by atoms with Crippen LogP contribution in [0.15, 0.2) is 41.2 Å². The van der Waals surface area contributed by atoms with Gasteiger partial charge in [-0.2, -0.15) is 0 Å². The molecule has 2 aromatic rings. The second-order valence-electron chi connectivity index (χ2n) is 2.44. The van der Waals surface area contributed by atoms with Crippen LogP contribution in [0.5, 0.6) is 0 Å². The molecule has 0 saturated heterocycles. The van der Waals surface area contributed by atoms with Gasteiger partial charge in [0.05, 0.1) is 12.5 Å². The lowest BCUT2D eigenvalue weighted by Crippen LogP contribution is -1.71. The number of furan rings is 1. The number of halogens is 1. The van der Waals surface area contributed by atoms with Crippen LogP contribution in [0.25, 0.3) is 11.1 Å². The van der Waals surface area contributed by atoms with E-state index in [1.807, 2.05) is 24.3 Å². The predicted octanol–water partition coefficient (Wildman–Crippen LogP) is 3.40. The maximum Gasteiger partial charge on any atom is 0.0988 e. The van der Waals surface area contributed by atoms with Crippen LogP contribution in [0, 0.1) is 6.07 Å². The van der Waals surface area contributed by atoms with Crippen molar-refractivity contribution in [3.63, 3.8) is 0 Å². The summed E-state index contributed by atoms with van der Waals surface area (Å²) in [5.41, 5.74) is 2.01. The van der Waals surface area contributed by atoms with Gasteiger partial charge in [-0.1, -0.05) is 23.7 Å². The van der Waals surface area contributed by atoms with Crippen LogP contribution in [0.2, 0.25) is 5.02 Å². The van der Waals surface area contributed by atoms with Crippen LogP contribution in [0.3, 0.4) is 0 Å². The summed E-state index contributed by atoms with van der Waals surface area (Å²) in [4.78, 5) is 0. The normalized spacial score (nSPS) is 10.1. The van der Waals surface area contributed by atoms with Gasteiger partial charge in [0.1, 0.15) is 0 Å². The summed E-state index contributed by atoms with van der Waals surface area (Å²) in [5, 5.41) is 0.738. The van der Waals surface area contributed by atoms with Crippen LogP contribution in [0.1, 0.15) is 0 Å². The second-order valence-corrected chi connectivity index (χ2v) is 2.87. The first-order chi connectivity index (χ1) is 5.86. The van der Waals surface area contributed by atoms with E-state index in [0.717, 1.165) is 16.1 Å². The van der Waals surface area contributed by atoms with E-state index in [-0.39, 0.29) is 0 Å². The van der Waals surface area contributed by atoms with E-state index >= 15 is 0 Å². The quantitative estimate of drug-likeness (QED) is 0.651. The third-order valence-electron chi connectivity index (χ3n) is 1.62. The molecule has 1 heterocycles. The van der Waals surface area contributed by atoms with Crippen LogP contribution in [-0.4, -0.2) is 0 Å². The Labute approximate surface area is 75.6 Å². The zero-order valence-corrected chi connectivity index (χ0v) is 7.01. The highest BCUT2D eigenvalue weighted by molar-refractivity contribution is 6.30. The molecule has 1 aromatic carbocycles. The van der Waals surface area contributed by atoms with Crippen molar-refractivity contribution >= 4 is 11.6 Å². The molecular weight excluding hydrogens is 172 g/mol. The maximum absolute atomic E-state index is 5.74. The largest absolute Gasteiger partial charge is 0.471 e. The summed E-state index contributed by atoms with van der Waals surface area (Å²) < 4.78 is 4.91. The third kappa shape index (κ3) is 1.36. The van der Waals surface area contributed by atoms with E-state index in [2.05, 4.69) is 6.07 Å². The Balaban J connectivity index is 2.43. The highest BCUT2D eigenvalue weighted by atomic mass is 35.5. The molecule has 1 aromatic heterocycles. The molecule has 0 saturated carbocycles. The Morgan fingerprint density at radius 3 is 2.50 bits per heavy atom. The lowest BCUT2D eigenvalue weighted by atomic mass is 10.1. The zero-order chi connectivity index (χ0) is 8.39. The van der Waals surface area contributed by atoms with E-state index in [1.54, 1.807) is 6.26 Å². The van der Waals surface area contributed by atoms with E-state index in [0.29, 0.717) is 0 Å². The number of benzene rings is 1.